The van der Waals surface area contributed by atoms with Gasteiger partial charge in [-0.1, -0.05) is 13.3 Å². The molecule has 0 aromatic carbocycles. The quantitative estimate of drug-likeness (QED) is 0.871. The molecule has 1 aromatic rings. The molecule has 17 heavy (non-hydrogen) atoms. The normalized spacial score (nSPS) is 23.8. The van der Waals surface area contributed by atoms with E-state index in [0.29, 0.717) is 6.04 Å². The van der Waals surface area contributed by atoms with Crippen molar-refractivity contribution in [3.05, 3.63) is 17.8 Å². The molecule has 0 radical (unpaired) electrons. The highest BCUT2D eigenvalue weighted by Crippen LogP contribution is 2.21. The van der Waals surface area contributed by atoms with Gasteiger partial charge in [-0.15, -0.1) is 0 Å². The maximum atomic E-state index is 5.77. The summed E-state index contributed by atoms with van der Waals surface area (Å²) < 4.78 is 5.68. The first-order valence-electron chi connectivity index (χ1n) is 6.65. The summed E-state index contributed by atoms with van der Waals surface area (Å²) in [4.78, 5) is 6.85. The molecule has 0 bridgehead atoms. The number of hydrogen-bond acceptors (Lipinski definition) is 4. The molecule has 0 aliphatic carbocycles. The zero-order valence-corrected chi connectivity index (χ0v) is 10.9. The van der Waals surface area contributed by atoms with Gasteiger partial charge in [-0.25, -0.2) is 4.98 Å². The Bertz CT molecular complexity index is 348. The highest BCUT2D eigenvalue weighted by Gasteiger charge is 2.23. The van der Waals surface area contributed by atoms with Crippen molar-refractivity contribution >= 4 is 0 Å². The standard InChI is InChI=1S/C13H23N3O/c1-3-16-7-5-4-6-11(16)8-13-15-9-12(17-13)10(2)14/h9-11H,3-8,14H2,1-2H3. The second-order valence-electron chi connectivity index (χ2n) is 4.93. The van der Waals surface area contributed by atoms with Crippen LogP contribution < -0.4 is 5.73 Å². The van der Waals surface area contributed by atoms with E-state index in [4.69, 9.17) is 10.2 Å². The fourth-order valence-electron chi connectivity index (χ4n) is 2.54. The first kappa shape index (κ1) is 12.6. The van der Waals surface area contributed by atoms with E-state index in [9.17, 15) is 0 Å². The molecular formula is C13H23N3O. The van der Waals surface area contributed by atoms with Crippen molar-refractivity contribution in [1.29, 1.82) is 0 Å². The molecule has 2 N–H and O–H groups in total. The van der Waals surface area contributed by atoms with Gasteiger partial charge in [-0.05, 0) is 32.9 Å². The molecule has 2 heterocycles. The largest absolute Gasteiger partial charge is 0.444 e. The summed E-state index contributed by atoms with van der Waals surface area (Å²) in [5.74, 6) is 1.63. The summed E-state index contributed by atoms with van der Waals surface area (Å²) in [6.07, 6.45) is 6.58. The van der Waals surface area contributed by atoms with Crippen LogP contribution in [0.15, 0.2) is 10.6 Å². The molecule has 2 rings (SSSR count). The number of rotatable bonds is 4. The monoisotopic (exact) mass is 237 g/mol. The summed E-state index contributed by atoms with van der Waals surface area (Å²) in [6.45, 7) is 6.47. The van der Waals surface area contributed by atoms with E-state index in [1.165, 1.54) is 25.8 Å². The summed E-state index contributed by atoms with van der Waals surface area (Å²) in [5.41, 5.74) is 5.77. The molecule has 4 nitrogen and oxygen atoms in total. The van der Waals surface area contributed by atoms with Crippen LogP contribution in [-0.2, 0) is 6.42 Å². The van der Waals surface area contributed by atoms with Crippen LogP contribution in [0.5, 0.6) is 0 Å². The average Bonchev–Trinajstić information content (AvgIpc) is 2.78. The summed E-state index contributed by atoms with van der Waals surface area (Å²) in [6, 6.07) is 0.526. The van der Waals surface area contributed by atoms with E-state index < -0.39 is 0 Å². The van der Waals surface area contributed by atoms with Crippen molar-refractivity contribution < 1.29 is 4.42 Å². The minimum atomic E-state index is -0.0649. The first-order valence-corrected chi connectivity index (χ1v) is 6.65. The van der Waals surface area contributed by atoms with Crippen molar-refractivity contribution in [3.63, 3.8) is 0 Å². The number of likely N-dealkylation sites (N-methyl/N-ethyl adjacent to an activating group) is 1. The molecule has 1 aliphatic heterocycles. The molecule has 0 amide bonds. The van der Waals surface area contributed by atoms with Crippen LogP contribution in [0.25, 0.3) is 0 Å². The number of aromatic nitrogens is 1. The van der Waals surface area contributed by atoms with Gasteiger partial charge in [-0.3, -0.25) is 0 Å². The second-order valence-corrected chi connectivity index (χ2v) is 4.93. The number of nitrogens with two attached hydrogens (primary N) is 1. The van der Waals surface area contributed by atoms with Crippen LogP contribution in [0.3, 0.4) is 0 Å². The van der Waals surface area contributed by atoms with Crippen molar-refractivity contribution in [1.82, 2.24) is 9.88 Å². The summed E-state index contributed by atoms with van der Waals surface area (Å²) in [7, 11) is 0. The molecule has 1 aromatic heterocycles. The van der Waals surface area contributed by atoms with Gasteiger partial charge in [0.2, 0.25) is 0 Å². The van der Waals surface area contributed by atoms with Gasteiger partial charge in [0, 0.05) is 12.5 Å². The van der Waals surface area contributed by atoms with Crippen molar-refractivity contribution in [2.75, 3.05) is 13.1 Å². The number of oxazole rings is 1. The summed E-state index contributed by atoms with van der Waals surface area (Å²) >= 11 is 0. The minimum Gasteiger partial charge on any atom is -0.444 e. The molecule has 0 saturated carbocycles. The van der Waals surface area contributed by atoms with E-state index in [0.717, 1.165) is 24.6 Å². The van der Waals surface area contributed by atoms with Crippen LogP contribution >= 0.6 is 0 Å². The van der Waals surface area contributed by atoms with Crippen LogP contribution in [0.4, 0.5) is 0 Å². The number of likely N-dealkylation sites (tertiary alicyclic amines) is 1. The zero-order chi connectivity index (χ0) is 12.3. The van der Waals surface area contributed by atoms with Crippen molar-refractivity contribution in [2.24, 2.45) is 5.73 Å². The molecule has 96 valence electrons. The predicted octanol–water partition coefficient (Wildman–Crippen LogP) is 2.11. The second kappa shape index (κ2) is 5.65. The van der Waals surface area contributed by atoms with Gasteiger partial charge in [0.25, 0.3) is 0 Å². The molecular weight excluding hydrogens is 214 g/mol. The Morgan fingerprint density at radius 1 is 1.59 bits per heavy atom. The van der Waals surface area contributed by atoms with Crippen LogP contribution in [0, 0.1) is 0 Å². The Kier molecular flexibility index (Phi) is 4.18. The van der Waals surface area contributed by atoms with Crippen LogP contribution in [-0.4, -0.2) is 29.0 Å². The van der Waals surface area contributed by atoms with Gasteiger partial charge in [-0.2, -0.15) is 0 Å². The Hall–Kier alpha value is -0.870. The lowest BCUT2D eigenvalue weighted by atomic mass is 9.99. The molecule has 1 aliphatic rings. The Morgan fingerprint density at radius 3 is 3.06 bits per heavy atom. The lowest BCUT2D eigenvalue weighted by Gasteiger charge is -2.34. The van der Waals surface area contributed by atoms with Gasteiger partial charge in [0.05, 0.1) is 12.2 Å². The first-order chi connectivity index (χ1) is 8.20. The maximum absolute atomic E-state index is 5.77. The maximum Gasteiger partial charge on any atom is 0.196 e. The van der Waals surface area contributed by atoms with Gasteiger partial charge in [0.15, 0.2) is 5.89 Å². The van der Waals surface area contributed by atoms with Gasteiger partial charge < -0.3 is 15.1 Å². The van der Waals surface area contributed by atoms with Crippen LogP contribution in [0.1, 0.15) is 50.8 Å². The third-order valence-electron chi connectivity index (χ3n) is 3.59. The molecule has 1 saturated heterocycles. The Balaban J connectivity index is 1.98. The van der Waals surface area contributed by atoms with Crippen molar-refractivity contribution in [3.8, 4) is 0 Å². The third kappa shape index (κ3) is 3.07. The zero-order valence-electron chi connectivity index (χ0n) is 10.9. The predicted molar refractivity (Wildman–Crippen MR) is 67.7 cm³/mol. The number of nitrogens with zero attached hydrogens (tertiary/aromatic N) is 2. The number of hydrogen-bond donors (Lipinski definition) is 1. The highest BCUT2D eigenvalue weighted by molar-refractivity contribution is 5.00. The SMILES string of the molecule is CCN1CCCCC1Cc1ncc(C(C)N)o1. The van der Waals surface area contributed by atoms with Crippen LogP contribution in [0.2, 0.25) is 0 Å². The summed E-state index contributed by atoms with van der Waals surface area (Å²) in [5, 5.41) is 0. The van der Waals surface area contributed by atoms with Gasteiger partial charge >= 0.3 is 0 Å². The fraction of sp³-hybridized carbons (Fsp3) is 0.769. The average molecular weight is 237 g/mol. The fourth-order valence-corrected chi connectivity index (χ4v) is 2.54. The smallest absolute Gasteiger partial charge is 0.196 e. The lowest BCUT2D eigenvalue weighted by Crippen LogP contribution is -2.40. The molecule has 0 spiro atoms. The van der Waals surface area contributed by atoms with E-state index >= 15 is 0 Å². The van der Waals surface area contributed by atoms with E-state index in [2.05, 4.69) is 16.8 Å². The minimum absolute atomic E-state index is 0.0649. The molecule has 2 unspecified atom stereocenters. The van der Waals surface area contributed by atoms with Gasteiger partial charge in [0.1, 0.15) is 5.76 Å². The molecule has 4 heteroatoms. The Morgan fingerprint density at radius 2 is 2.41 bits per heavy atom. The van der Waals surface area contributed by atoms with E-state index in [1.807, 2.05) is 6.92 Å². The molecule has 1 fully saturated rings. The highest BCUT2D eigenvalue weighted by atomic mass is 16.4. The topological polar surface area (TPSA) is 55.3 Å². The molecule has 2 atom stereocenters. The van der Waals surface area contributed by atoms with Crippen molar-refractivity contribution in [2.45, 2.75) is 51.6 Å². The third-order valence-corrected chi connectivity index (χ3v) is 3.59. The number of piperidine rings is 1. The van der Waals surface area contributed by atoms with E-state index in [1.54, 1.807) is 6.20 Å². The lowest BCUT2D eigenvalue weighted by molar-refractivity contribution is 0.148. The van der Waals surface area contributed by atoms with E-state index in [-0.39, 0.29) is 6.04 Å². The Labute approximate surface area is 103 Å².